The van der Waals surface area contributed by atoms with Gasteiger partial charge in [0.25, 0.3) is 0 Å². The predicted molar refractivity (Wildman–Crippen MR) is 86.2 cm³/mol. The molecule has 0 fully saturated rings. The van der Waals surface area contributed by atoms with Gasteiger partial charge in [0.05, 0.1) is 30.6 Å². The average molecular weight is 373 g/mol. The average Bonchev–Trinajstić information content (AvgIpc) is 2.95. The molecule has 0 saturated heterocycles. The lowest BCUT2D eigenvalue weighted by Crippen LogP contribution is -1.93. The number of fused-ring (bicyclic) bond motifs is 1. The van der Waals surface area contributed by atoms with Crippen molar-refractivity contribution < 1.29 is 4.21 Å². The van der Waals surface area contributed by atoms with E-state index in [-0.39, 0.29) is 0 Å². The van der Waals surface area contributed by atoms with Gasteiger partial charge in [-0.25, -0.2) is 4.98 Å². The summed E-state index contributed by atoms with van der Waals surface area (Å²) in [6.07, 6.45) is 0. The molecule has 0 radical (unpaired) electrons. The van der Waals surface area contributed by atoms with Crippen LogP contribution in [0, 0.1) is 0 Å². The van der Waals surface area contributed by atoms with Gasteiger partial charge in [0.1, 0.15) is 0 Å². The minimum atomic E-state index is -1.10. The van der Waals surface area contributed by atoms with E-state index in [4.69, 9.17) is 5.73 Å². The van der Waals surface area contributed by atoms with Crippen LogP contribution in [0.5, 0.6) is 0 Å². The second-order valence-electron chi connectivity index (χ2n) is 3.90. The molecule has 0 aliphatic carbocycles. The Hall–Kier alpha value is -0.760. The van der Waals surface area contributed by atoms with Crippen molar-refractivity contribution in [2.24, 2.45) is 0 Å². The van der Waals surface area contributed by atoms with E-state index in [0.29, 0.717) is 15.8 Å². The van der Waals surface area contributed by atoms with Gasteiger partial charge in [0.2, 0.25) is 0 Å². The normalized spacial score (nSPS) is 12.9. The Labute approximate surface area is 129 Å². The molecule has 0 aliphatic rings. The summed E-state index contributed by atoms with van der Waals surface area (Å²) in [6.45, 7) is 0. The Morgan fingerprint density at radius 1 is 1.26 bits per heavy atom. The van der Waals surface area contributed by atoms with E-state index < -0.39 is 10.8 Å². The topological polar surface area (TPSA) is 56.0 Å². The molecule has 0 amide bonds. The molecule has 19 heavy (non-hydrogen) atoms. The highest BCUT2D eigenvalue weighted by molar-refractivity contribution is 9.11. The monoisotopic (exact) mass is 372 g/mol. The Kier molecular flexibility index (Phi) is 3.70. The molecule has 0 saturated carbocycles. The van der Waals surface area contributed by atoms with E-state index in [1.54, 1.807) is 11.3 Å². The largest absolute Gasteiger partial charge is 0.399 e. The number of thiophene rings is 1. The van der Waals surface area contributed by atoms with Crippen LogP contribution in [-0.4, -0.2) is 9.19 Å². The summed E-state index contributed by atoms with van der Waals surface area (Å²) in [6, 6.07) is 9.50. The molecule has 2 N–H and O–H groups in total. The van der Waals surface area contributed by atoms with Crippen molar-refractivity contribution in [3.8, 4) is 0 Å². The van der Waals surface area contributed by atoms with E-state index >= 15 is 0 Å². The maximum Gasteiger partial charge on any atom is 0.182 e. The first-order chi connectivity index (χ1) is 9.11. The fourth-order valence-electron chi connectivity index (χ4n) is 1.64. The predicted octanol–water partition coefficient (Wildman–Crippen LogP) is 4.01. The number of rotatable bonds is 3. The van der Waals surface area contributed by atoms with Gasteiger partial charge in [-0.15, -0.1) is 22.7 Å². The highest BCUT2D eigenvalue weighted by atomic mass is 79.9. The number of nitrogen functional groups attached to an aromatic ring is 1. The Bertz CT molecular complexity index is 765. The lowest BCUT2D eigenvalue weighted by molar-refractivity contribution is 0.682. The van der Waals surface area contributed by atoms with E-state index in [0.717, 1.165) is 18.9 Å². The lowest BCUT2D eigenvalue weighted by atomic mass is 10.3. The van der Waals surface area contributed by atoms with Crippen molar-refractivity contribution in [2.75, 3.05) is 5.73 Å². The highest BCUT2D eigenvalue weighted by Crippen LogP contribution is 2.29. The number of nitrogens with two attached hydrogens (primary N) is 1. The standard InChI is InChI=1S/C12H9BrN2OS3/c13-11-4-2-8(17-11)6-19(16)12-15-9-3-1-7(14)5-10(9)18-12/h1-5H,6,14H2. The number of hydrogen-bond acceptors (Lipinski definition) is 5. The zero-order valence-electron chi connectivity index (χ0n) is 9.63. The summed E-state index contributed by atoms with van der Waals surface area (Å²) >= 11 is 6.45. The van der Waals surface area contributed by atoms with Crippen LogP contribution in [0.2, 0.25) is 0 Å². The van der Waals surface area contributed by atoms with E-state index in [9.17, 15) is 4.21 Å². The van der Waals surface area contributed by atoms with Gasteiger partial charge in [0, 0.05) is 10.6 Å². The number of nitrogens with zero attached hydrogens (tertiary/aromatic N) is 1. The lowest BCUT2D eigenvalue weighted by Gasteiger charge is -1.94. The zero-order valence-corrected chi connectivity index (χ0v) is 13.7. The van der Waals surface area contributed by atoms with Crippen LogP contribution in [0.4, 0.5) is 5.69 Å². The van der Waals surface area contributed by atoms with Gasteiger partial charge in [-0.1, -0.05) is 0 Å². The first-order valence-corrected chi connectivity index (χ1v) is 9.15. The smallest absolute Gasteiger partial charge is 0.182 e. The van der Waals surface area contributed by atoms with Gasteiger partial charge in [0.15, 0.2) is 4.34 Å². The van der Waals surface area contributed by atoms with Gasteiger partial charge >= 0.3 is 0 Å². The number of hydrogen-bond donors (Lipinski definition) is 1. The molecule has 3 nitrogen and oxygen atoms in total. The van der Waals surface area contributed by atoms with E-state index in [2.05, 4.69) is 20.9 Å². The summed E-state index contributed by atoms with van der Waals surface area (Å²) in [5.74, 6) is 0.506. The SMILES string of the molecule is Nc1ccc2nc(S(=O)Cc3ccc(Br)s3)sc2c1. The molecule has 3 rings (SSSR count). The molecule has 0 aliphatic heterocycles. The number of benzene rings is 1. The van der Waals surface area contributed by atoms with Gasteiger partial charge < -0.3 is 5.73 Å². The van der Waals surface area contributed by atoms with Gasteiger partial charge in [-0.2, -0.15) is 0 Å². The summed E-state index contributed by atoms with van der Waals surface area (Å²) in [5.41, 5.74) is 7.30. The van der Waals surface area contributed by atoms with E-state index in [1.807, 2.05) is 30.3 Å². The van der Waals surface area contributed by atoms with Crippen LogP contribution in [0.25, 0.3) is 10.2 Å². The van der Waals surface area contributed by atoms with Crippen molar-refractivity contribution in [1.29, 1.82) is 0 Å². The molecule has 1 unspecified atom stereocenters. The van der Waals surface area contributed by atoms with Gasteiger partial charge in [-0.05, 0) is 46.3 Å². The van der Waals surface area contributed by atoms with Crippen molar-refractivity contribution in [3.63, 3.8) is 0 Å². The summed E-state index contributed by atoms with van der Waals surface area (Å²) in [5, 5.41) is 0. The maximum atomic E-state index is 12.3. The number of thiazole rings is 1. The van der Waals surface area contributed by atoms with Crippen LogP contribution in [0.1, 0.15) is 4.88 Å². The van der Waals surface area contributed by atoms with E-state index in [1.165, 1.54) is 11.3 Å². The van der Waals surface area contributed by atoms with Crippen LogP contribution >= 0.6 is 38.6 Å². The van der Waals surface area contributed by atoms with Crippen LogP contribution in [0.15, 0.2) is 38.5 Å². The fraction of sp³-hybridized carbons (Fsp3) is 0.0833. The third-order valence-electron chi connectivity index (χ3n) is 2.49. The zero-order chi connectivity index (χ0) is 13.4. The fourth-order valence-corrected chi connectivity index (χ4v) is 5.71. The second kappa shape index (κ2) is 5.32. The molecular formula is C12H9BrN2OS3. The Morgan fingerprint density at radius 2 is 2.11 bits per heavy atom. The molecule has 7 heteroatoms. The molecule has 2 aromatic heterocycles. The van der Waals surface area contributed by atoms with Gasteiger partial charge in [-0.3, -0.25) is 4.21 Å². The highest BCUT2D eigenvalue weighted by Gasteiger charge is 2.12. The first-order valence-electron chi connectivity index (χ1n) is 5.40. The summed E-state index contributed by atoms with van der Waals surface area (Å²) in [4.78, 5) is 5.50. The summed E-state index contributed by atoms with van der Waals surface area (Å²) in [7, 11) is -1.10. The van der Waals surface area contributed by atoms with Crippen molar-refractivity contribution in [2.45, 2.75) is 10.1 Å². The molecule has 0 spiro atoms. The number of anilines is 1. The Morgan fingerprint density at radius 3 is 2.84 bits per heavy atom. The molecule has 2 heterocycles. The molecule has 98 valence electrons. The molecule has 0 bridgehead atoms. The van der Waals surface area contributed by atoms with Crippen molar-refractivity contribution >= 4 is 65.3 Å². The third-order valence-corrected chi connectivity index (χ3v) is 6.97. The number of halogens is 1. The second-order valence-corrected chi connectivity index (χ2v) is 9.11. The minimum Gasteiger partial charge on any atom is -0.399 e. The minimum absolute atomic E-state index is 0.506. The van der Waals surface area contributed by atoms with Crippen LogP contribution in [-0.2, 0) is 16.6 Å². The molecule has 1 aromatic carbocycles. The maximum absolute atomic E-state index is 12.3. The number of aromatic nitrogens is 1. The van der Waals surface area contributed by atoms with Crippen LogP contribution < -0.4 is 5.73 Å². The van der Waals surface area contributed by atoms with Crippen molar-refractivity contribution in [3.05, 3.63) is 39.0 Å². The molecular weight excluding hydrogens is 364 g/mol. The van der Waals surface area contributed by atoms with Crippen LogP contribution in [0.3, 0.4) is 0 Å². The van der Waals surface area contributed by atoms with Crippen molar-refractivity contribution in [1.82, 2.24) is 4.98 Å². The Balaban J connectivity index is 1.89. The third kappa shape index (κ3) is 2.89. The quantitative estimate of drug-likeness (QED) is 0.706. The molecule has 3 aromatic rings. The molecule has 1 atom stereocenters. The first kappa shape index (κ1) is 13.2. The summed E-state index contributed by atoms with van der Waals surface area (Å²) < 4.78 is 15.0.